The van der Waals surface area contributed by atoms with Crippen LogP contribution in [-0.2, 0) is 6.54 Å². The van der Waals surface area contributed by atoms with Crippen molar-refractivity contribution in [2.24, 2.45) is 0 Å². The smallest absolute Gasteiger partial charge is 0.318 e. The summed E-state index contributed by atoms with van der Waals surface area (Å²) in [4.78, 5) is 18.0. The molecule has 0 radical (unpaired) electrons. The summed E-state index contributed by atoms with van der Waals surface area (Å²) in [5.74, 6) is 0.918. The van der Waals surface area contributed by atoms with Crippen molar-refractivity contribution in [3.05, 3.63) is 48.4 Å². The number of carbonyl (C=O) groups excluding carboxylic acids is 1. The third kappa shape index (κ3) is 4.67. The molecule has 6 nitrogen and oxygen atoms in total. The van der Waals surface area contributed by atoms with Gasteiger partial charge in [-0.2, -0.15) is 4.98 Å². The van der Waals surface area contributed by atoms with Crippen LogP contribution in [0.15, 0.2) is 41.4 Å². The molecular weight excluding hydrogens is 292 g/mol. The van der Waals surface area contributed by atoms with Crippen LogP contribution in [0.3, 0.4) is 0 Å². The van der Waals surface area contributed by atoms with Gasteiger partial charge in [0.05, 0.1) is 0 Å². The van der Waals surface area contributed by atoms with E-state index in [-0.39, 0.29) is 12.6 Å². The fraction of sp³-hybridized carbons (Fsp3) is 0.353. The van der Waals surface area contributed by atoms with Gasteiger partial charge >= 0.3 is 6.03 Å². The van der Waals surface area contributed by atoms with Gasteiger partial charge in [-0.15, -0.1) is 6.58 Å². The van der Waals surface area contributed by atoms with Crippen LogP contribution in [0, 0.1) is 6.92 Å². The minimum absolute atomic E-state index is 0.165. The second-order valence-electron chi connectivity index (χ2n) is 5.28. The van der Waals surface area contributed by atoms with E-state index in [1.807, 2.05) is 38.1 Å². The average Bonchev–Trinajstić information content (AvgIpc) is 3.01. The lowest BCUT2D eigenvalue weighted by Crippen LogP contribution is -2.39. The fourth-order valence-electron chi connectivity index (χ4n) is 2.02. The lowest BCUT2D eigenvalue weighted by molar-refractivity contribution is 0.193. The first-order valence-corrected chi connectivity index (χ1v) is 7.67. The molecule has 0 aliphatic carbocycles. The van der Waals surface area contributed by atoms with E-state index in [9.17, 15) is 4.79 Å². The van der Waals surface area contributed by atoms with Crippen LogP contribution >= 0.6 is 0 Å². The Bertz CT molecular complexity index is 649. The van der Waals surface area contributed by atoms with E-state index in [2.05, 4.69) is 22.0 Å². The molecule has 1 aromatic heterocycles. The van der Waals surface area contributed by atoms with E-state index in [4.69, 9.17) is 4.52 Å². The van der Waals surface area contributed by atoms with Gasteiger partial charge in [0.2, 0.25) is 11.7 Å². The zero-order valence-electron chi connectivity index (χ0n) is 13.6. The Morgan fingerprint density at radius 1 is 1.39 bits per heavy atom. The summed E-state index contributed by atoms with van der Waals surface area (Å²) < 4.78 is 5.26. The Balaban J connectivity index is 2.07. The zero-order valence-corrected chi connectivity index (χ0v) is 13.6. The number of carbonyl (C=O) groups is 1. The Hall–Kier alpha value is -2.63. The van der Waals surface area contributed by atoms with Gasteiger partial charge in [-0.05, 0) is 13.3 Å². The van der Waals surface area contributed by atoms with Crippen molar-refractivity contribution in [3.8, 4) is 11.4 Å². The number of urea groups is 1. The summed E-state index contributed by atoms with van der Waals surface area (Å²) in [6, 6.07) is 7.71. The monoisotopic (exact) mass is 314 g/mol. The summed E-state index contributed by atoms with van der Waals surface area (Å²) in [6.07, 6.45) is 2.55. The van der Waals surface area contributed by atoms with Crippen LogP contribution in [0.2, 0.25) is 0 Å². The summed E-state index contributed by atoms with van der Waals surface area (Å²) in [5, 5.41) is 6.81. The number of hydrogen-bond donors (Lipinski definition) is 1. The number of amides is 2. The highest BCUT2D eigenvalue weighted by Crippen LogP contribution is 2.17. The van der Waals surface area contributed by atoms with Gasteiger partial charge in [0.15, 0.2) is 0 Å². The number of hydrogen-bond acceptors (Lipinski definition) is 4. The lowest BCUT2D eigenvalue weighted by atomic mass is 10.1. The topological polar surface area (TPSA) is 71.3 Å². The standard InChI is InChI=1S/C17H22N4O2/c1-4-10-18-17(22)21(11-5-2)12-15-19-16(20-23-15)14-8-6-13(3)7-9-14/h5-9H,2,4,10-12H2,1,3H3,(H,18,22). The average molecular weight is 314 g/mol. The largest absolute Gasteiger partial charge is 0.338 e. The van der Waals surface area contributed by atoms with E-state index < -0.39 is 0 Å². The molecule has 23 heavy (non-hydrogen) atoms. The first kappa shape index (κ1) is 16.7. The number of nitrogens with one attached hydrogen (secondary N) is 1. The van der Waals surface area contributed by atoms with E-state index in [1.54, 1.807) is 11.0 Å². The zero-order chi connectivity index (χ0) is 16.7. The number of benzene rings is 1. The molecule has 0 spiro atoms. The van der Waals surface area contributed by atoms with Crippen LogP contribution in [0.1, 0.15) is 24.8 Å². The molecule has 0 atom stereocenters. The van der Waals surface area contributed by atoms with Gasteiger partial charge in [0.25, 0.3) is 0 Å². The van der Waals surface area contributed by atoms with Gasteiger partial charge in [-0.1, -0.05) is 48.0 Å². The van der Waals surface area contributed by atoms with Gasteiger partial charge in [-0.25, -0.2) is 4.79 Å². The number of aryl methyl sites for hydroxylation is 1. The third-order valence-electron chi connectivity index (χ3n) is 3.27. The molecule has 1 heterocycles. The first-order valence-electron chi connectivity index (χ1n) is 7.67. The van der Waals surface area contributed by atoms with Crippen molar-refractivity contribution in [2.75, 3.05) is 13.1 Å². The molecule has 6 heteroatoms. The number of rotatable bonds is 7. The summed E-state index contributed by atoms with van der Waals surface area (Å²) in [6.45, 7) is 9.00. The van der Waals surface area contributed by atoms with Gasteiger partial charge in [-0.3, -0.25) is 0 Å². The fourth-order valence-corrected chi connectivity index (χ4v) is 2.02. The van der Waals surface area contributed by atoms with Crippen molar-refractivity contribution < 1.29 is 9.32 Å². The second kappa shape index (κ2) is 8.12. The van der Waals surface area contributed by atoms with Crippen LogP contribution in [0.5, 0.6) is 0 Å². The summed E-state index contributed by atoms with van der Waals surface area (Å²) in [7, 11) is 0. The highest BCUT2D eigenvalue weighted by Gasteiger charge is 2.16. The molecule has 0 fully saturated rings. The molecule has 1 aromatic carbocycles. The van der Waals surface area contributed by atoms with Crippen molar-refractivity contribution in [3.63, 3.8) is 0 Å². The van der Waals surface area contributed by atoms with Crippen molar-refractivity contribution >= 4 is 6.03 Å². The van der Waals surface area contributed by atoms with E-state index >= 15 is 0 Å². The highest BCUT2D eigenvalue weighted by molar-refractivity contribution is 5.74. The molecule has 0 bridgehead atoms. The molecule has 0 aliphatic rings. The van der Waals surface area contributed by atoms with Crippen LogP contribution in [-0.4, -0.2) is 34.2 Å². The maximum absolute atomic E-state index is 12.1. The summed E-state index contributed by atoms with van der Waals surface area (Å²) in [5.41, 5.74) is 2.05. The van der Waals surface area contributed by atoms with E-state index in [0.717, 1.165) is 12.0 Å². The Kier molecular flexibility index (Phi) is 5.91. The molecule has 2 rings (SSSR count). The van der Waals surface area contributed by atoms with Gasteiger partial charge in [0.1, 0.15) is 6.54 Å². The number of nitrogens with zero attached hydrogens (tertiary/aromatic N) is 3. The van der Waals surface area contributed by atoms with Crippen LogP contribution < -0.4 is 5.32 Å². The Morgan fingerprint density at radius 2 is 2.13 bits per heavy atom. The highest BCUT2D eigenvalue weighted by atomic mass is 16.5. The maximum Gasteiger partial charge on any atom is 0.318 e. The molecule has 0 aliphatic heterocycles. The van der Waals surface area contributed by atoms with E-state index in [0.29, 0.717) is 24.8 Å². The van der Waals surface area contributed by atoms with Crippen molar-refractivity contribution in [1.29, 1.82) is 0 Å². The molecule has 122 valence electrons. The maximum atomic E-state index is 12.1. The molecule has 0 unspecified atom stereocenters. The Morgan fingerprint density at radius 3 is 2.78 bits per heavy atom. The van der Waals surface area contributed by atoms with Gasteiger partial charge < -0.3 is 14.7 Å². The molecular formula is C17H22N4O2. The van der Waals surface area contributed by atoms with Crippen LogP contribution in [0.25, 0.3) is 11.4 Å². The van der Waals surface area contributed by atoms with Crippen molar-refractivity contribution in [2.45, 2.75) is 26.8 Å². The minimum atomic E-state index is -0.165. The molecule has 2 amide bonds. The van der Waals surface area contributed by atoms with Gasteiger partial charge in [0, 0.05) is 18.7 Å². The van der Waals surface area contributed by atoms with Crippen LogP contribution in [0.4, 0.5) is 4.79 Å². The normalized spacial score (nSPS) is 10.3. The minimum Gasteiger partial charge on any atom is -0.338 e. The molecule has 0 saturated carbocycles. The SMILES string of the molecule is C=CCN(Cc1nc(-c2ccc(C)cc2)no1)C(=O)NCCC. The predicted octanol–water partition coefficient (Wildman–Crippen LogP) is 3.15. The van der Waals surface area contributed by atoms with Crippen molar-refractivity contribution in [1.82, 2.24) is 20.4 Å². The Labute approximate surface area is 136 Å². The quantitative estimate of drug-likeness (QED) is 0.797. The lowest BCUT2D eigenvalue weighted by Gasteiger charge is -2.19. The summed E-state index contributed by atoms with van der Waals surface area (Å²) >= 11 is 0. The first-order chi connectivity index (χ1) is 11.1. The third-order valence-corrected chi connectivity index (χ3v) is 3.27. The predicted molar refractivity (Wildman–Crippen MR) is 88.8 cm³/mol. The number of aromatic nitrogens is 2. The molecule has 0 saturated heterocycles. The van der Waals surface area contributed by atoms with E-state index in [1.165, 1.54) is 5.56 Å². The molecule has 2 aromatic rings. The second-order valence-corrected chi connectivity index (χ2v) is 5.28. The molecule has 1 N–H and O–H groups in total.